The zero-order chi connectivity index (χ0) is 15.5. The maximum Gasteiger partial charge on any atom is 0.371 e. The number of carboxylic acid groups (broad SMARTS) is 1. The highest BCUT2D eigenvalue weighted by atomic mass is 35.5. The average molecular weight is 330 g/mol. The quantitative estimate of drug-likeness (QED) is 0.846. The highest BCUT2D eigenvalue weighted by molar-refractivity contribution is 7.89. The number of carbonyl (C=O) groups is 1. The van der Waals surface area contributed by atoms with Crippen molar-refractivity contribution in [2.24, 2.45) is 0 Å². The molecule has 0 unspecified atom stereocenters. The molecule has 0 saturated heterocycles. The minimum Gasteiger partial charge on any atom is -0.475 e. The molecule has 0 aliphatic heterocycles. The summed E-state index contributed by atoms with van der Waals surface area (Å²) in [6.07, 6.45) is 0.451. The summed E-state index contributed by atoms with van der Waals surface area (Å²) in [6, 6.07) is 9.27. The molecule has 0 saturated carbocycles. The van der Waals surface area contributed by atoms with Gasteiger partial charge in [0.1, 0.15) is 0 Å². The van der Waals surface area contributed by atoms with Crippen molar-refractivity contribution in [1.29, 1.82) is 0 Å². The molecule has 0 amide bonds. The third-order valence-corrected chi connectivity index (χ3v) is 4.22. The largest absolute Gasteiger partial charge is 0.475 e. The number of carboxylic acids is 1. The van der Waals surface area contributed by atoms with Gasteiger partial charge in [0.2, 0.25) is 10.9 Å². The lowest BCUT2D eigenvalue weighted by molar-refractivity contribution is 0.0656. The van der Waals surface area contributed by atoms with E-state index in [0.717, 1.165) is 17.7 Å². The number of rotatable bonds is 6. The molecule has 1 aromatic carbocycles. The summed E-state index contributed by atoms with van der Waals surface area (Å²) < 4.78 is 30.9. The first-order valence-corrected chi connectivity index (χ1v) is 7.82. The third kappa shape index (κ3) is 4.07. The van der Waals surface area contributed by atoms with E-state index < -0.39 is 26.8 Å². The van der Waals surface area contributed by atoms with Gasteiger partial charge in [-0.3, -0.25) is 0 Å². The fraction of sp³-hybridized carbons (Fsp3) is 0.154. The summed E-state index contributed by atoms with van der Waals surface area (Å²) in [5.41, 5.74) is 0.885. The van der Waals surface area contributed by atoms with Crippen molar-refractivity contribution < 1.29 is 22.7 Å². The van der Waals surface area contributed by atoms with Crippen molar-refractivity contribution in [1.82, 2.24) is 4.72 Å². The number of aromatic carboxylic acids is 1. The highest BCUT2D eigenvalue weighted by Gasteiger charge is 2.20. The molecule has 1 aromatic heterocycles. The Morgan fingerprint density at radius 1 is 1.29 bits per heavy atom. The molecule has 0 fully saturated rings. The van der Waals surface area contributed by atoms with Gasteiger partial charge in [0.05, 0.1) is 0 Å². The number of hydrogen-bond acceptors (Lipinski definition) is 4. The minimum absolute atomic E-state index is 0.145. The van der Waals surface area contributed by atoms with E-state index in [1.54, 1.807) is 18.2 Å². The Balaban J connectivity index is 1.99. The zero-order valence-electron chi connectivity index (χ0n) is 10.7. The van der Waals surface area contributed by atoms with E-state index in [0.29, 0.717) is 11.4 Å². The summed E-state index contributed by atoms with van der Waals surface area (Å²) in [7, 11) is -3.87. The number of hydrogen-bond donors (Lipinski definition) is 2. The first kappa shape index (κ1) is 15.6. The van der Waals surface area contributed by atoms with Crippen molar-refractivity contribution in [2.75, 3.05) is 6.54 Å². The Labute approximate surface area is 126 Å². The standard InChI is InChI=1S/C13H12ClNO5S/c14-10-3-1-2-9(8-10)6-7-15-21(18,19)12-5-4-11(20-12)13(16)17/h1-5,8,15H,6-7H2,(H,16,17). The van der Waals surface area contributed by atoms with Crippen LogP contribution in [0.3, 0.4) is 0 Å². The first-order valence-electron chi connectivity index (χ1n) is 5.96. The van der Waals surface area contributed by atoms with E-state index in [-0.39, 0.29) is 6.54 Å². The van der Waals surface area contributed by atoms with Crippen LogP contribution in [0.4, 0.5) is 0 Å². The highest BCUT2D eigenvalue weighted by Crippen LogP contribution is 2.14. The van der Waals surface area contributed by atoms with Crippen LogP contribution in [0.5, 0.6) is 0 Å². The van der Waals surface area contributed by atoms with Crippen LogP contribution < -0.4 is 4.72 Å². The Hall–Kier alpha value is -1.83. The number of halogens is 1. The molecule has 112 valence electrons. The summed E-state index contributed by atoms with van der Waals surface area (Å²) in [6.45, 7) is 0.145. The predicted octanol–water partition coefficient (Wildman–Crippen LogP) is 2.15. The molecule has 2 rings (SSSR count). The molecule has 0 atom stereocenters. The topological polar surface area (TPSA) is 96.6 Å². The monoisotopic (exact) mass is 329 g/mol. The number of nitrogens with one attached hydrogen (secondary N) is 1. The Bertz CT molecular complexity index is 753. The minimum atomic E-state index is -3.87. The van der Waals surface area contributed by atoms with Crippen LogP contribution in [0.15, 0.2) is 45.9 Å². The van der Waals surface area contributed by atoms with Gasteiger partial charge in [-0.15, -0.1) is 0 Å². The molecule has 0 bridgehead atoms. The van der Waals surface area contributed by atoms with Crippen LogP contribution in [-0.4, -0.2) is 26.0 Å². The molecule has 1 heterocycles. The molecule has 0 aliphatic rings. The van der Waals surface area contributed by atoms with Crippen LogP contribution in [-0.2, 0) is 16.4 Å². The molecule has 6 nitrogen and oxygen atoms in total. The van der Waals surface area contributed by atoms with Gasteiger partial charge in [0.25, 0.3) is 10.0 Å². The van der Waals surface area contributed by atoms with Gasteiger partial charge >= 0.3 is 5.97 Å². The van der Waals surface area contributed by atoms with Crippen molar-refractivity contribution in [3.8, 4) is 0 Å². The van der Waals surface area contributed by atoms with Crippen LogP contribution in [0.1, 0.15) is 16.1 Å². The summed E-state index contributed by atoms with van der Waals surface area (Å²) in [4.78, 5) is 10.7. The van der Waals surface area contributed by atoms with E-state index in [4.69, 9.17) is 21.1 Å². The van der Waals surface area contributed by atoms with E-state index >= 15 is 0 Å². The number of furan rings is 1. The predicted molar refractivity (Wildman–Crippen MR) is 76.0 cm³/mol. The first-order chi connectivity index (χ1) is 9.88. The maximum atomic E-state index is 11.9. The molecule has 2 N–H and O–H groups in total. The van der Waals surface area contributed by atoms with Crippen molar-refractivity contribution in [2.45, 2.75) is 11.5 Å². The molecular formula is C13H12ClNO5S. The third-order valence-electron chi connectivity index (χ3n) is 2.65. The van der Waals surface area contributed by atoms with E-state index in [9.17, 15) is 13.2 Å². The van der Waals surface area contributed by atoms with Crippen LogP contribution in [0.25, 0.3) is 0 Å². The van der Waals surface area contributed by atoms with E-state index in [1.165, 1.54) is 0 Å². The normalized spacial score (nSPS) is 11.5. The number of sulfonamides is 1. The molecule has 2 aromatic rings. The van der Waals surface area contributed by atoms with Crippen molar-refractivity contribution >= 4 is 27.6 Å². The van der Waals surface area contributed by atoms with Crippen LogP contribution in [0.2, 0.25) is 5.02 Å². The Morgan fingerprint density at radius 3 is 2.67 bits per heavy atom. The van der Waals surface area contributed by atoms with E-state index in [1.807, 2.05) is 6.07 Å². The van der Waals surface area contributed by atoms with Gasteiger partial charge in [0.15, 0.2) is 0 Å². The fourth-order valence-electron chi connectivity index (χ4n) is 1.67. The Kier molecular flexibility index (Phi) is 4.66. The lowest BCUT2D eigenvalue weighted by Crippen LogP contribution is -2.25. The fourth-order valence-corrected chi connectivity index (χ4v) is 2.85. The second-order valence-electron chi connectivity index (χ2n) is 4.20. The lowest BCUT2D eigenvalue weighted by atomic mass is 10.2. The molecule has 8 heteroatoms. The second kappa shape index (κ2) is 6.30. The summed E-state index contributed by atoms with van der Waals surface area (Å²) in [5, 5.41) is 8.84. The Morgan fingerprint density at radius 2 is 2.05 bits per heavy atom. The second-order valence-corrected chi connectivity index (χ2v) is 6.34. The average Bonchev–Trinajstić information content (AvgIpc) is 2.89. The SMILES string of the molecule is O=C(O)c1ccc(S(=O)(=O)NCCc2cccc(Cl)c2)o1. The number of benzene rings is 1. The van der Waals surface area contributed by atoms with Crippen LogP contribution >= 0.6 is 11.6 Å². The van der Waals surface area contributed by atoms with Crippen molar-refractivity contribution in [3.05, 3.63) is 52.7 Å². The van der Waals surface area contributed by atoms with Gasteiger partial charge in [-0.25, -0.2) is 17.9 Å². The van der Waals surface area contributed by atoms with Gasteiger partial charge in [-0.2, -0.15) is 0 Å². The zero-order valence-corrected chi connectivity index (χ0v) is 12.3. The van der Waals surface area contributed by atoms with Crippen molar-refractivity contribution in [3.63, 3.8) is 0 Å². The molecule has 21 heavy (non-hydrogen) atoms. The van der Waals surface area contributed by atoms with E-state index in [2.05, 4.69) is 4.72 Å². The smallest absolute Gasteiger partial charge is 0.371 e. The lowest BCUT2D eigenvalue weighted by Gasteiger charge is -2.04. The molecular weight excluding hydrogens is 318 g/mol. The molecule has 0 spiro atoms. The van der Waals surface area contributed by atoms with Gasteiger partial charge in [0, 0.05) is 11.6 Å². The summed E-state index contributed by atoms with van der Waals surface area (Å²) >= 11 is 5.83. The molecule has 0 aliphatic carbocycles. The van der Waals surface area contributed by atoms with Gasteiger partial charge < -0.3 is 9.52 Å². The van der Waals surface area contributed by atoms with Gasteiger partial charge in [-0.1, -0.05) is 23.7 Å². The van der Waals surface area contributed by atoms with Gasteiger partial charge in [-0.05, 0) is 36.2 Å². The maximum absolute atomic E-state index is 11.9. The van der Waals surface area contributed by atoms with Crippen LogP contribution in [0, 0.1) is 0 Å². The summed E-state index contributed by atoms with van der Waals surface area (Å²) in [5.74, 6) is -1.75. The molecule has 0 radical (unpaired) electrons.